The molecule has 2 amide bonds. The van der Waals surface area contributed by atoms with E-state index in [0.29, 0.717) is 32.5 Å². The van der Waals surface area contributed by atoms with Crippen LogP contribution >= 0.6 is 11.8 Å². The molecule has 0 spiro atoms. The lowest BCUT2D eigenvalue weighted by molar-refractivity contribution is -0.137. The molecule has 2 aromatic carbocycles. The molecule has 2 heterocycles. The number of likely N-dealkylation sites (tertiary alicyclic amines) is 1. The van der Waals surface area contributed by atoms with Crippen LogP contribution in [0.5, 0.6) is 0 Å². The third kappa shape index (κ3) is 6.05. The number of nitrogens with zero attached hydrogens (tertiary/aromatic N) is 2. The first-order chi connectivity index (χ1) is 16.3. The molecule has 182 valence electrons. The number of hydrogen-bond acceptors (Lipinski definition) is 4. The summed E-state index contributed by atoms with van der Waals surface area (Å²) in [5.74, 6) is 1.78. The van der Waals surface area contributed by atoms with Crippen LogP contribution in [0, 0.1) is 5.92 Å². The minimum Gasteiger partial charge on any atom is -0.370 e. The van der Waals surface area contributed by atoms with Gasteiger partial charge in [-0.15, -0.1) is 0 Å². The van der Waals surface area contributed by atoms with Gasteiger partial charge < -0.3 is 15.1 Å². The van der Waals surface area contributed by atoms with Crippen molar-refractivity contribution in [2.75, 3.05) is 42.6 Å². The van der Waals surface area contributed by atoms with E-state index in [1.165, 1.54) is 17.8 Å². The largest absolute Gasteiger partial charge is 0.416 e. The normalized spacial score (nSPS) is 17.5. The second-order valence-corrected chi connectivity index (χ2v) is 9.85. The number of rotatable bonds is 5. The summed E-state index contributed by atoms with van der Waals surface area (Å²) < 4.78 is 38.2. The summed E-state index contributed by atoms with van der Waals surface area (Å²) in [5, 5.41) is 3.00. The molecule has 2 aliphatic heterocycles. The van der Waals surface area contributed by atoms with Gasteiger partial charge in [0, 0.05) is 61.4 Å². The van der Waals surface area contributed by atoms with E-state index in [-0.39, 0.29) is 23.3 Å². The quantitative estimate of drug-likeness (QED) is 0.673. The SMILES string of the molecule is O=C(NCc1ccc(N2CCSCC2)cc1)C1CCN(C(=O)c2ccc(C(F)(F)F)cc2)CC1. The van der Waals surface area contributed by atoms with Crippen LogP contribution in [-0.2, 0) is 17.5 Å². The number of carbonyl (C=O) groups is 2. The summed E-state index contributed by atoms with van der Waals surface area (Å²) in [7, 11) is 0. The van der Waals surface area contributed by atoms with Crippen molar-refractivity contribution < 1.29 is 22.8 Å². The minimum atomic E-state index is -4.43. The van der Waals surface area contributed by atoms with Crippen molar-refractivity contribution in [2.45, 2.75) is 25.6 Å². The highest BCUT2D eigenvalue weighted by molar-refractivity contribution is 7.99. The standard InChI is InChI=1S/C25H28F3N3O2S/c26-25(27,28)21-5-3-20(4-6-21)24(33)31-11-9-19(10-12-31)23(32)29-17-18-1-7-22(8-2-18)30-13-15-34-16-14-30/h1-8,19H,9-17H2,(H,29,32). The summed E-state index contributed by atoms with van der Waals surface area (Å²) in [5.41, 5.74) is 1.70. The van der Waals surface area contributed by atoms with E-state index >= 15 is 0 Å². The molecule has 0 aliphatic carbocycles. The third-order valence-corrected chi connectivity index (χ3v) is 7.33. The van der Waals surface area contributed by atoms with Crippen LogP contribution < -0.4 is 10.2 Å². The average molecular weight is 492 g/mol. The van der Waals surface area contributed by atoms with Gasteiger partial charge in [0.1, 0.15) is 0 Å². The molecule has 5 nitrogen and oxygen atoms in total. The zero-order chi connectivity index (χ0) is 24.1. The Hall–Kier alpha value is -2.68. The number of nitrogens with one attached hydrogen (secondary N) is 1. The molecule has 0 aromatic heterocycles. The van der Waals surface area contributed by atoms with E-state index in [0.717, 1.165) is 42.3 Å². The number of piperidine rings is 1. The topological polar surface area (TPSA) is 52.7 Å². The summed E-state index contributed by atoms with van der Waals surface area (Å²) in [4.78, 5) is 29.2. The van der Waals surface area contributed by atoms with Gasteiger partial charge in [0.15, 0.2) is 0 Å². The first kappa shape index (κ1) is 24.4. The monoisotopic (exact) mass is 491 g/mol. The molecular formula is C25H28F3N3O2S. The number of carbonyl (C=O) groups excluding carboxylic acids is 2. The summed E-state index contributed by atoms with van der Waals surface area (Å²) in [6.07, 6.45) is -3.36. The highest BCUT2D eigenvalue weighted by Gasteiger charge is 2.31. The number of alkyl halides is 3. The van der Waals surface area contributed by atoms with Crippen LogP contribution in [0.2, 0.25) is 0 Å². The van der Waals surface area contributed by atoms with Crippen LogP contribution in [-0.4, -0.2) is 54.4 Å². The molecule has 0 saturated carbocycles. The number of halogens is 3. The lowest BCUT2D eigenvalue weighted by Gasteiger charge is -2.31. The predicted octanol–water partition coefficient (Wildman–Crippen LogP) is 4.43. The number of benzene rings is 2. The maximum Gasteiger partial charge on any atom is 0.416 e. The molecule has 4 rings (SSSR count). The summed E-state index contributed by atoms with van der Waals surface area (Å²) in [6.45, 7) is 3.38. The van der Waals surface area contributed by atoms with E-state index in [4.69, 9.17) is 0 Å². The Balaban J connectivity index is 1.23. The Morgan fingerprint density at radius 1 is 0.912 bits per heavy atom. The Bertz CT molecular complexity index is 982. The van der Waals surface area contributed by atoms with Gasteiger partial charge in [0.25, 0.3) is 5.91 Å². The lowest BCUT2D eigenvalue weighted by Crippen LogP contribution is -2.42. The van der Waals surface area contributed by atoms with Crippen molar-refractivity contribution >= 4 is 29.3 Å². The molecule has 1 N–H and O–H groups in total. The van der Waals surface area contributed by atoms with Crippen molar-refractivity contribution in [1.29, 1.82) is 0 Å². The molecule has 0 atom stereocenters. The van der Waals surface area contributed by atoms with Gasteiger partial charge >= 0.3 is 6.18 Å². The van der Waals surface area contributed by atoms with E-state index in [1.54, 1.807) is 4.90 Å². The van der Waals surface area contributed by atoms with E-state index in [1.807, 2.05) is 23.9 Å². The van der Waals surface area contributed by atoms with Crippen molar-refractivity contribution in [2.24, 2.45) is 5.92 Å². The number of amides is 2. The van der Waals surface area contributed by atoms with Crippen molar-refractivity contribution in [3.63, 3.8) is 0 Å². The van der Waals surface area contributed by atoms with Crippen LogP contribution in [0.4, 0.5) is 18.9 Å². The second-order valence-electron chi connectivity index (χ2n) is 8.63. The average Bonchev–Trinajstić information content (AvgIpc) is 2.87. The molecule has 2 aromatic rings. The van der Waals surface area contributed by atoms with Gasteiger partial charge in [-0.2, -0.15) is 24.9 Å². The van der Waals surface area contributed by atoms with Crippen LogP contribution in [0.1, 0.15) is 34.3 Å². The third-order valence-electron chi connectivity index (χ3n) is 6.39. The zero-order valence-electron chi connectivity index (χ0n) is 18.8. The summed E-state index contributed by atoms with van der Waals surface area (Å²) in [6, 6.07) is 12.5. The molecule has 34 heavy (non-hydrogen) atoms. The number of thioether (sulfide) groups is 1. The Labute approximate surface area is 201 Å². The van der Waals surface area contributed by atoms with Crippen molar-refractivity contribution in [3.05, 3.63) is 65.2 Å². The van der Waals surface area contributed by atoms with Gasteiger partial charge in [0.2, 0.25) is 5.91 Å². The Kier molecular flexibility index (Phi) is 7.70. The van der Waals surface area contributed by atoms with Crippen LogP contribution in [0.15, 0.2) is 48.5 Å². The van der Waals surface area contributed by atoms with Gasteiger partial charge in [0.05, 0.1) is 5.56 Å². The first-order valence-electron chi connectivity index (χ1n) is 11.5. The minimum absolute atomic E-state index is 0.0289. The Morgan fingerprint density at radius 3 is 2.12 bits per heavy atom. The van der Waals surface area contributed by atoms with E-state index in [2.05, 4.69) is 22.3 Å². The maximum atomic E-state index is 12.7. The molecule has 0 radical (unpaired) electrons. The molecule has 2 fully saturated rings. The van der Waals surface area contributed by atoms with Gasteiger partial charge in [-0.25, -0.2) is 0 Å². The molecule has 2 aliphatic rings. The van der Waals surface area contributed by atoms with Crippen molar-refractivity contribution in [1.82, 2.24) is 10.2 Å². The van der Waals surface area contributed by atoms with E-state index < -0.39 is 11.7 Å². The predicted molar refractivity (Wildman–Crippen MR) is 128 cm³/mol. The Morgan fingerprint density at radius 2 is 1.53 bits per heavy atom. The molecular weight excluding hydrogens is 463 g/mol. The smallest absolute Gasteiger partial charge is 0.370 e. The number of anilines is 1. The fourth-order valence-electron chi connectivity index (χ4n) is 4.31. The van der Waals surface area contributed by atoms with Gasteiger partial charge in [-0.1, -0.05) is 12.1 Å². The van der Waals surface area contributed by atoms with Gasteiger partial charge in [-0.3, -0.25) is 9.59 Å². The van der Waals surface area contributed by atoms with Crippen molar-refractivity contribution in [3.8, 4) is 0 Å². The first-order valence-corrected chi connectivity index (χ1v) is 12.6. The molecule has 9 heteroatoms. The maximum absolute atomic E-state index is 12.7. The van der Waals surface area contributed by atoms with E-state index in [9.17, 15) is 22.8 Å². The molecule has 0 bridgehead atoms. The highest BCUT2D eigenvalue weighted by atomic mass is 32.2. The fraction of sp³-hybridized carbons (Fsp3) is 0.440. The second kappa shape index (κ2) is 10.7. The van der Waals surface area contributed by atoms with Crippen LogP contribution in [0.3, 0.4) is 0 Å². The lowest BCUT2D eigenvalue weighted by atomic mass is 9.95. The van der Waals surface area contributed by atoms with Crippen LogP contribution in [0.25, 0.3) is 0 Å². The highest BCUT2D eigenvalue weighted by Crippen LogP contribution is 2.29. The zero-order valence-corrected chi connectivity index (χ0v) is 19.6. The molecule has 2 saturated heterocycles. The molecule has 0 unspecified atom stereocenters. The summed E-state index contributed by atoms with van der Waals surface area (Å²) >= 11 is 1.97. The number of hydrogen-bond donors (Lipinski definition) is 1. The van der Waals surface area contributed by atoms with Gasteiger partial charge in [-0.05, 0) is 54.8 Å². The fourth-order valence-corrected chi connectivity index (χ4v) is 5.21.